The number of rotatable bonds is 9. The number of ether oxygens (including phenoxy) is 1. The highest BCUT2D eigenvalue weighted by Gasteiger charge is 2.18. The van der Waals surface area contributed by atoms with Crippen LogP contribution >= 0.6 is 0 Å². The van der Waals surface area contributed by atoms with Gasteiger partial charge in [-0.25, -0.2) is 17.9 Å². The quantitative estimate of drug-likeness (QED) is 0.727. The average Bonchev–Trinajstić information content (AvgIpc) is 2.45. The predicted molar refractivity (Wildman–Crippen MR) is 78.9 cm³/mol. The Labute approximate surface area is 125 Å². The van der Waals surface area contributed by atoms with Gasteiger partial charge in [0.2, 0.25) is 10.0 Å². The molecular formula is C14H21NO5S. The largest absolute Gasteiger partial charge is 0.482 e. The van der Waals surface area contributed by atoms with Gasteiger partial charge in [-0.1, -0.05) is 20.3 Å². The summed E-state index contributed by atoms with van der Waals surface area (Å²) in [5.41, 5.74) is 0. The van der Waals surface area contributed by atoms with E-state index in [4.69, 9.17) is 9.84 Å². The first kappa shape index (κ1) is 17.5. The number of carboxylic acid groups (broad SMARTS) is 1. The molecule has 118 valence electrons. The SMILES string of the molecule is CCCC(CC)NS(=O)(=O)c1ccc(OCC(=O)O)cc1. The first-order valence-corrected chi connectivity index (χ1v) is 8.34. The van der Waals surface area contributed by atoms with E-state index in [-0.39, 0.29) is 10.9 Å². The summed E-state index contributed by atoms with van der Waals surface area (Å²) in [5.74, 6) is -0.768. The molecule has 21 heavy (non-hydrogen) atoms. The van der Waals surface area contributed by atoms with Crippen molar-refractivity contribution in [1.29, 1.82) is 0 Å². The van der Waals surface area contributed by atoms with Gasteiger partial charge in [0.1, 0.15) is 5.75 Å². The molecule has 0 bridgehead atoms. The molecule has 1 unspecified atom stereocenters. The summed E-state index contributed by atoms with van der Waals surface area (Å²) in [6.45, 7) is 3.48. The maximum absolute atomic E-state index is 12.2. The fourth-order valence-corrected chi connectivity index (χ4v) is 3.20. The third-order valence-electron chi connectivity index (χ3n) is 2.95. The van der Waals surface area contributed by atoms with Crippen molar-refractivity contribution in [3.63, 3.8) is 0 Å². The lowest BCUT2D eigenvalue weighted by Gasteiger charge is -2.16. The van der Waals surface area contributed by atoms with Gasteiger partial charge in [-0.2, -0.15) is 0 Å². The molecule has 2 N–H and O–H groups in total. The number of carbonyl (C=O) groups is 1. The Morgan fingerprint density at radius 3 is 2.38 bits per heavy atom. The van der Waals surface area contributed by atoms with Gasteiger partial charge in [-0.3, -0.25) is 0 Å². The molecule has 0 saturated carbocycles. The second-order valence-corrected chi connectivity index (χ2v) is 6.38. The Kier molecular flexibility index (Phi) is 6.64. The first-order valence-electron chi connectivity index (χ1n) is 6.86. The van der Waals surface area contributed by atoms with E-state index >= 15 is 0 Å². The minimum atomic E-state index is -3.56. The van der Waals surface area contributed by atoms with Crippen LogP contribution in [-0.4, -0.2) is 32.1 Å². The maximum atomic E-state index is 12.2. The number of nitrogens with one attached hydrogen (secondary N) is 1. The summed E-state index contributed by atoms with van der Waals surface area (Å²) in [7, 11) is -3.56. The van der Waals surface area contributed by atoms with Gasteiger partial charge in [0.25, 0.3) is 0 Å². The molecule has 1 aromatic carbocycles. The minimum Gasteiger partial charge on any atom is -0.482 e. The first-order chi connectivity index (χ1) is 9.89. The molecule has 0 aliphatic rings. The molecule has 0 aliphatic heterocycles. The Morgan fingerprint density at radius 1 is 1.29 bits per heavy atom. The monoisotopic (exact) mass is 315 g/mol. The van der Waals surface area contributed by atoms with E-state index in [0.717, 1.165) is 19.3 Å². The highest BCUT2D eigenvalue weighted by molar-refractivity contribution is 7.89. The molecule has 0 radical (unpaired) electrons. The topological polar surface area (TPSA) is 92.7 Å². The van der Waals surface area contributed by atoms with Crippen LogP contribution in [0.4, 0.5) is 0 Å². The summed E-state index contributed by atoms with van der Waals surface area (Å²) >= 11 is 0. The lowest BCUT2D eigenvalue weighted by Crippen LogP contribution is -2.34. The van der Waals surface area contributed by atoms with Crippen LogP contribution in [0.3, 0.4) is 0 Å². The lowest BCUT2D eigenvalue weighted by molar-refractivity contribution is -0.139. The van der Waals surface area contributed by atoms with Crippen molar-refractivity contribution in [2.45, 2.75) is 44.0 Å². The lowest BCUT2D eigenvalue weighted by atomic mass is 10.1. The number of aliphatic carboxylic acids is 1. The zero-order valence-corrected chi connectivity index (χ0v) is 13.0. The molecular weight excluding hydrogens is 294 g/mol. The summed E-state index contributed by atoms with van der Waals surface area (Å²) in [5, 5.41) is 8.50. The normalized spacial score (nSPS) is 12.9. The van der Waals surface area contributed by atoms with Crippen molar-refractivity contribution in [2.75, 3.05) is 6.61 Å². The van der Waals surface area contributed by atoms with Gasteiger partial charge < -0.3 is 9.84 Å². The maximum Gasteiger partial charge on any atom is 0.341 e. The second-order valence-electron chi connectivity index (χ2n) is 4.67. The van der Waals surface area contributed by atoms with E-state index in [2.05, 4.69) is 4.72 Å². The molecule has 0 aliphatic carbocycles. The number of sulfonamides is 1. The minimum absolute atomic E-state index is 0.0806. The molecule has 7 heteroatoms. The number of benzene rings is 1. The van der Waals surface area contributed by atoms with Crippen molar-refractivity contribution in [3.8, 4) is 5.75 Å². The molecule has 0 amide bonds. The molecule has 0 saturated heterocycles. The van der Waals surface area contributed by atoms with Gasteiger partial charge >= 0.3 is 5.97 Å². The smallest absolute Gasteiger partial charge is 0.341 e. The summed E-state index contributed by atoms with van der Waals surface area (Å²) in [6.07, 6.45) is 2.42. The fraction of sp³-hybridized carbons (Fsp3) is 0.500. The Morgan fingerprint density at radius 2 is 1.90 bits per heavy atom. The molecule has 1 atom stereocenters. The van der Waals surface area contributed by atoms with Crippen LogP contribution in [0.2, 0.25) is 0 Å². The Hall–Kier alpha value is -1.60. The van der Waals surface area contributed by atoms with E-state index in [9.17, 15) is 13.2 Å². The fourth-order valence-electron chi connectivity index (χ4n) is 1.84. The van der Waals surface area contributed by atoms with Crippen molar-refractivity contribution >= 4 is 16.0 Å². The van der Waals surface area contributed by atoms with Crippen molar-refractivity contribution in [1.82, 2.24) is 4.72 Å². The third kappa shape index (κ3) is 5.73. The number of hydrogen-bond donors (Lipinski definition) is 2. The van der Waals surface area contributed by atoms with Crippen LogP contribution in [0.1, 0.15) is 33.1 Å². The van der Waals surface area contributed by atoms with Crippen LogP contribution in [0.15, 0.2) is 29.2 Å². The van der Waals surface area contributed by atoms with Gasteiger partial charge in [0, 0.05) is 6.04 Å². The highest BCUT2D eigenvalue weighted by atomic mass is 32.2. The van der Waals surface area contributed by atoms with Crippen LogP contribution < -0.4 is 9.46 Å². The predicted octanol–water partition coefficient (Wildman–Crippen LogP) is 2.01. The Balaban J connectivity index is 2.77. The summed E-state index contributed by atoms with van der Waals surface area (Å²) in [4.78, 5) is 10.5. The van der Waals surface area contributed by atoms with Gasteiger partial charge in [-0.05, 0) is 37.1 Å². The highest BCUT2D eigenvalue weighted by Crippen LogP contribution is 2.17. The van der Waals surface area contributed by atoms with Crippen LogP contribution in [0, 0.1) is 0 Å². The molecule has 1 rings (SSSR count). The van der Waals surface area contributed by atoms with E-state index < -0.39 is 22.6 Å². The zero-order chi connectivity index (χ0) is 15.9. The molecule has 0 spiro atoms. The molecule has 0 heterocycles. The third-order valence-corrected chi connectivity index (χ3v) is 4.48. The van der Waals surface area contributed by atoms with E-state index in [0.29, 0.717) is 5.75 Å². The van der Waals surface area contributed by atoms with E-state index in [1.165, 1.54) is 24.3 Å². The summed E-state index contributed by atoms with van der Waals surface area (Å²) < 4.78 is 32.0. The van der Waals surface area contributed by atoms with Crippen molar-refractivity contribution in [3.05, 3.63) is 24.3 Å². The van der Waals surface area contributed by atoms with Crippen molar-refractivity contribution < 1.29 is 23.1 Å². The van der Waals surface area contributed by atoms with Crippen LogP contribution in [0.25, 0.3) is 0 Å². The van der Waals surface area contributed by atoms with Gasteiger partial charge in [-0.15, -0.1) is 0 Å². The van der Waals surface area contributed by atoms with Crippen molar-refractivity contribution in [2.24, 2.45) is 0 Å². The molecule has 0 fully saturated rings. The Bertz CT molecular complexity index is 553. The number of carboxylic acids is 1. The molecule has 1 aromatic rings. The molecule has 6 nitrogen and oxygen atoms in total. The van der Waals surface area contributed by atoms with Gasteiger partial charge in [0.05, 0.1) is 4.90 Å². The zero-order valence-electron chi connectivity index (χ0n) is 12.2. The average molecular weight is 315 g/mol. The van der Waals surface area contributed by atoms with Crippen LogP contribution in [0.5, 0.6) is 5.75 Å². The van der Waals surface area contributed by atoms with Crippen LogP contribution in [-0.2, 0) is 14.8 Å². The second kappa shape index (κ2) is 7.99. The van der Waals surface area contributed by atoms with E-state index in [1.54, 1.807) is 0 Å². The van der Waals surface area contributed by atoms with E-state index in [1.807, 2.05) is 13.8 Å². The molecule has 0 aromatic heterocycles. The number of hydrogen-bond acceptors (Lipinski definition) is 4. The van der Waals surface area contributed by atoms with Gasteiger partial charge in [0.15, 0.2) is 6.61 Å². The standard InChI is InChI=1S/C14H21NO5S/c1-3-5-11(4-2)15-21(18,19)13-8-6-12(7-9-13)20-10-14(16)17/h6-9,11,15H,3-5,10H2,1-2H3,(H,16,17). The summed E-state index contributed by atoms with van der Waals surface area (Å²) in [6, 6.07) is 5.61.